The maximum Gasteiger partial charge on any atom is 0.136 e. The van der Waals surface area contributed by atoms with Crippen LogP contribution in [-0.2, 0) is 11.0 Å². The predicted molar refractivity (Wildman–Crippen MR) is 86.6 cm³/mol. The van der Waals surface area contributed by atoms with E-state index in [9.17, 15) is 10.2 Å². The molecule has 0 fully saturated rings. The fourth-order valence-corrected chi connectivity index (χ4v) is 3.61. The maximum absolute atomic E-state index is 10.2. The summed E-state index contributed by atoms with van der Waals surface area (Å²) in [6, 6.07) is 11.0. The van der Waals surface area contributed by atoms with Gasteiger partial charge in [0.2, 0.25) is 0 Å². The lowest BCUT2D eigenvalue weighted by Gasteiger charge is -2.44. The molecule has 22 heavy (non-hydrogen) atoms. The standard InChI is InChI=1S/C19H22O3/c1-12-5-7-15-17(9-12)22-19(4,11-18(15,2)3)14-8-6-13(20)10-16(14)21/h5-10,20-21H,11H2,1-4H3. The molecule has 0 aliphatic carbocycles. The molecule has 3 rings (SSSR count). The van der Waals surface area contributed by atoms with E-state index in [0.717, 1.165) is 17.7 Å². The molecule has 0 aromatic heterocycles. The molecular formula is C19H22O3. The molecule has 1 aliphatic rings. The Hall–Kier alpha value is -2.16. The van der Waals surface area contributed by atoms with Crippen molar-refractivity contribution in [3.63, 3.8) is 0 Å². The van der Waals surface area contributed by atoms with Crippen molar-refractivity contribution in [2.45, 2.75) is 45.1 Å². The van der Waals surface area contributed by atoms with Crippen LogP contribution in [0.1, 0.15) is 43.9 Å². The molecular weight excluding hydrogens is 276 g/mol. The molecule has 2 aromatic rings. The van der Waals surface area contributed by atoms with Crippen molar-refractivity contribution in [3.8, 4) is 17.2 Å². The summed E-state index contributed by atoms with van der Waals surface area (Å²) in [5, 5.41) is 19.8. The average molecular weight is 298 g/mol. The Morgan fingerprint density at radius 2 is 1.64 bits per heavy atom. The summed E-state index contributed by atoms with van der Waals surface area (Å²) in [5.41, 5.74) is 2.33. The van der Waals surface area contributed by atoms with Gasteiger partial charge in [0.1, 0.15) is 22.8 Å². The van der Waals surface area contributed by atoms with E-state index in [1.165, 1.54) is 11.6 Å². The molecule has 0 spiro atoms. The quantitative estimate of drug-likeness (QED) is 0.821. The summed E-state index contributed by atoms with van der Waals surface area (Å²) in [7, 11) is 0. The zero-order valence-electron chi connectivity index (χ0n) is 13.5. The highest BCUT2D eigenvalue weighted by molar-refractivity contribution is 5.49. The van der Waals surface area contributed by atoms with Crippen LogP contribution in [0.5, 0.6) is 17.2 Å². The van der Waals surface area contributed by atoms with Crippen molar-refractivity contribution in [1.82, 2.24) is 0 Å². The second-order valence-electron chi connectivity index (χ2n) is 7.09. The zero-order valence-corrected chi connectivity index (χ0v) is 13.5. The summed E-state index contributed by atoms with van der Waals surface area (Å²) < 4.78 is 6.30. The Labute approximate surface area is 131 Å². The van der Waals surface area contributed by atoms with Crippen molar-refractivity contribution in [2.24, 2.45) is 0 Å². The number of hydrogen-bond donors (Lipinski definition) is 2. The van der Waals surface area contributed by atoms with Gasteiger partial charge in [-0.05, 0) is 48.6 Å². The molecule has 1 heterocycles. The molecule has 2 N–H and O–H groups in total. The van der Waals surface area contributed by atoms with E-state index in [1.54, 1.807) is 12.1 Å². The van der Waals surface area contributed by atoms with Gasteiger partial charge in [-0.25, -0.2) is 0 Å². The minimum atomic E-state index is -0.637. The lowest BCUT2D eigenvalue weighted by Crippen LogP contribution is -2.41. The number of benzene rings is 2. The normalized spacial score (nSPS) is 22.7. The SMILES string of the molecule is Cc1ccc2c(c1)OC(C)(c1ccc(O)cc1O)CC2(C)C. The minimum Gasteiger partial charge on any atom is -0.508 e. The predicted octanol–water partition coefficient (Wildman–Crippen LogP) is 4.38. The highest BCUT2D eigenvalue weighted by Gasteiger charge is 2.44. The van der Waals surface area contributed by atoms with Crippen molar-refractivity contribution in [3.05, 3.63) is 53.1 Å². The molecule has 0 radical (unpaired) electrons. The highest BCUT2D eigenvalue weighted by atomic mass is 16.5. The highest BCUT2D eigenvalue weighted by Crippen LogP contribution is 2.50. The van der Waals surface area contributed by atoms with E-state index < -0.39 is 5.60 Å². The first-order valence-electron chi connectivity index (χ1n) is 7.54. The number of aromatic hydroxyl groups is 2. The summed E-state index contributed by atoms with van der Waals surface area (Å²) in [5.74, 6) is 0.983. The number of ether oxygens (including phenoxy) is 1. The van der Waals surface area contributed by atoms with Crippen molar-refractivity contribution < 1.29 is 14.9 Å². The Balaban J connectivity index is 2.13. The van der Waals surface area contributed by atoms with Crippen molar-refractivity contribution in [1.29, 1.82) is 0 Å². The van der Waals surface area contributed by atoms with Crippen LogP contribution in [0.2, 0.25) is 0 Å². The van der Waals surface area contributed by atoms with Crippen LogP contribution in [0.15, 0.2) is 36.4 Å². The number of phenolic OH excluding ortho intramolecular Hbond substituents is 2. The first-order valence-corrected chi connectivity index (χ1v) is 7.54. The summed E-state index contributed by atoms with van der Waals surface area (Å²) in [4.78, 5) is 0. The van der Waals surface area contributed by atoms with Crippen LogP contribution in [0.4, 0.5) is 0 Å². The van der Waals surface area contributed by atoms with Crippen LogP contribution < -0.4 is 4.74 Å². The zero-order chi connectivity index (χ0) is 16.1. The Morgan fingerprint density at radius 1 is 0.955 bits per heavy atom. The second-order valence-corrected chi connectivity index (χ2v) is 7.09. The van der Waals surface area contributed by atoms with Gasteiger partial charge in [0.15, 0.2) is 0 Å². The third-order valence-corrected chi connectivity index (χ3v) is 4.53. The van der Waals surface area contributed by atoms with Gasteiger partial charge in [-0.2, -0.15) is 0 Å². The van der Waals surface area contributed by atoms with Gasteiger partial charge in [-0.15, -0.1) is 0 Å². The molecule has 0 saturated heterocycles. The third-order valence-electron chi connectivity index (χ3n) is 4.53. The van der Waals surface area contributed by atoms with Gasteiger partial charge >= 0.3 is 0 Å². The van der Waals surface area contributed by atoms with Crippen LogP contribution in [0.3, 0.4) is 0 Å². The molecule has 0 bridgehead atoms. The second kappa shape index (κ2) is 4.67. The molecule has 2 aromatic carbocycles. The number of fused-ring (bicyclic) bond motifs is 1. The monoisotopic (exact) mass is 298 g/mol. The largest absolute Gasteiger partial charge is 0.508 e. The van der Waals surface area contributed by atoms with Gasteiger partial charge in [0, 0.05) is 18.1 Å². The van der Waals surface area contributed by atoms with Gasteiger partial charge in [0.05, 0.1) is 0 Å². The Morgan fingerprint density at radius 3 is 2.32 bits per heavy atom. The summed E-state index contributed by atoms with van der Waals surface area (Å²) in [6.07, 6.45) is 0.744. The minimum absolute atomic E-state index is 0.0520. The molecule has 3 nitrogen and oxygen atoms in total. The number of rotatable bonds is 1. The van der Waals surface area contributed by atoms with E-state index in [1.807, 2.05) is 19.9 Å². The Kier molecular flexibility index (Phi) is 3.13. The van der Waals surface area contributed by atoms with Crippen LogP contribution in [0, 0.1) is 6.92 Å². The van der Waals surface area contributed by atoms with Gasteiger partial charge < -0.3 is 14.9 Å². The summed E-state index contributed by atoms with van der Waals surface area (Å²) >= 11 is 0. The van der Waals surface area contributed by atoms with Crippen molar-refractivity contribution in [2.75, 3.05) is 0 Å². The molecule has 0 amide bonds. The van der Waals surface area contributed by atoms with Gasteiger partial charge in [-0.1, -0.05) is 26.0 Å². The first-order chi connectivity index (χ1) is 10.2. The fourth-order valence-electron chi connectivity index (χ4n) is 3.61. The van der Waals surface area contributed by atoms with E-state index in [0.29, 0.717) is 5.56 Å². The van der Waals surface area contributed by atoms with Gasteiger partial charge in [0.25, 0.3) is 0 Å². The van der Waals surface area contributed by atoms with E-state index in [4.69, 9.17) is 4.74 Å². The molecule has 3 heteroatoms. The molecule has 0 saturated carbocycles. The lowest BCUT2D eigenvalue weighted by atomic mass is 9.71. The first kappa shape index (κ1) is 14.8. The lowest BCUT2D eigenvalue weighted by molar-refractivity contribution is 0.0304. The van der Waals surface area contributed by atoms with E-state index in [-0.39, 0.29) is 16.9 Å². The third kappa shape index (κ3) is 2.31. The fraction of sp³-hybridized carbons (Fsp3) is 0.368. The number of aryl methyl sites for hydroxylation is 1. The van der Waals surface area contributed by atoms with Crippen LogP contribution in [0.25, 0.3) is 0 Å². The smallest absolute Gasteiger partial charge is 0.136 e. The topological polar surface area (TPSA) is 49.7 Å². The molecule has 1 aliphatic heterocycles. The van der Waals surface area contributed by atoms with Crippen LogP contribution in [-0.4, -0.2) is 10.2 Å². The molecule has 1 unspecified atom stereocenters. The Bertz CT molecular complexity index is 733. The van der Waals surface area contributed by atoms with Crippen molar-refractivity contribution >= 4 is 0 Å². The van der Waals surface area contributed by atoms with E-state index in [2.05, 4.69) is 26.0 Å². The maximum atomic E-state index is 10.2. The van der Waals surface area contributed by atoms with E-state index >= 15 is 0 Å². The average Bonchev–Trinajstić information content (AvgIpc) is 2.35. The molecule has 116 valence electrons. The molecule has 1 atom stereocenters. The van der Waals surface area contributed by atoms with Crippen LogP contribution >= 0.6 is 0 Å². The number of hydrogen-bond acceptors (Lipinski definition) is 3. The summed E-state index contributed by atoms with van der Waals surface area (Å²) in [6.45, 7) is 8.42. The number of phenols is 2. The van der Waals surface area contributed by atoms with Gasteiger partial charge in [-0.3, -0.25) is 0 Å².